The molecule has 0 unspecified atom stereocenters. The summed E-state index contributed by atoms with van der Waals surface area (Å²) in [5.74, 6) is 0.0457. The van der Waals surface area contributed by atoms with Crippen LogP contribution in [-0.2, 0) is 11.9 Å². The Morgan fingerprint density at radius 3 is 2.53 bits per heavy atom. The third-order valence-electron chi connectivity index (χ3n) is 6.46. The second kappa shape index (κ2) is 10.0. The average molecular weight is 492 g/mol. The Labute approximate surface area is 209 Å². The maximum Gasteiger partial charge on any atom is 0.349 e. The van der Waals surface area contributed by atoms with Crippen LogP contribution in [-0.4, -0.2) is 43.9 Å². The van der Waals surface area contributed by atoms with E-state index in [0.29, 0.717) is 16.9 Å². The van der Waals surface area contributed by atoms with Crippen molar-refractivity contribution in [3.8, 4) is 6.07 Å². The minimum absolute atomic E-state index is 0.112. The third kappa shape index (κ3) is 5.35. The first-order chi connectivity index (χ1) is 17.1. The first kappa shape index (κ1) is 25.2. The molecule has 0 N–H and O–H groups in total. The van der Waals surface area contributed by atoms with Crippen LogP contribution >= 0.6 is 0 Å². The largest absolute Gasteiger partial charge is 0.390 e. The molecule has 4 rings (SSSR count). The molecule has 36 heavy (non-hydrogen) atoms. The smallest absolute Gasteiger partial charge is 0.349 e. The highest BCUT2D eigenvalue weighted by Gasteiger charge is 2.30. The van der Waals surface area contributed by atoms with Crippen LogP contribution in [0.3, 0.4) is 0 Å². The van der Waals surface area contributed by atoms with Gasteiger partial charge in [0.15, 0.2) is 5.82 Å². The lowest BCUT2D eigenvalue weighted by Crippen LogP contribution is -2.39. The van der Waals surface area contributed by atoms with Crippen LogP contribution in [0.2, 0.25) is 0 Å². The van der Waals surface area contributed by atoms with Gasteiger partial charge in [-0.25, -0.2) is 14.8 Å². The number of hydrogen-bond donors (Lipinski definition) is 0. The van der Waals surface area contributed by atoms with E-state index in [4.69, 9.17) is 4.84 Å². The predicted molar refractivity (Wildman–Crippen MR) is 135 cm³/mol. The molecule has 1 aliphatic carbocycles. The number of halogens is 1. The van der Waals surface area contributed by atoms with Crippen LogP contribution in [0.25, 0.3) is 11.0 Å². The number of nitrogens with zero attached hydrogens (tertiary/aromatic N) is 7. The molecule has 0 bridgehead atoms. The number of fused-ring (bicyclic) bond motifs is 1. The van der Waals surface area contributed by atoms with Gasteiger partial charge in [0, 0.05) is 37.8 Å². The van der Waals surface area contributed by atoms with Gasteiger partial charge >= 0.3 is 5.69 Å². The summed E-state index contributed by atoms with van der Waals surface area (Å²) < 4.78 is 14.9. The number of aryl methyl sites for hydroxylation is 1. The Hall–Kier alpha value is -3.87. The van der Waals surface area contributed by atoms with Crippen molar-refractivity contribution in [1.82, 2.24) is 19.5 Å². The fourth-order valence-electron chi connectivity index (χ4n) is 4.50. The Bertz CT molecular complexity index is 1380. The molecule has 188 valence electrons. The van der Waals surface area contributed by atoms with Gasteiger partial charge in [-0.15, -0.1) is 0 Å². The third-order valence-corrected chi connectivity index (χ3v) is 6.46. The van der Waals surface area contributed by atoms with Crippen LogP contribution < -0.4 is 10.6 Å². The lowest BCUT2D eigenvalue weighted by Gasteiger charge is -2.36. The maximum absolute atomic E-state index is 13.4. The fourth-order valence-corrected chi connectivity index (χ4v) is 4.50. The minimum atomic E-state index is -0.540. The van der Waals surface area contributed by atoms with Crippen molar-refractivity contribution in [3.63, 3.8) is 0 Å². The Kier molecular flexibility index (Phi) is 7.02. The summed E-state index contributed by atoms with van der Waals surface area (Å²) in [7, 11) is 3.56. The van der Waals surface area contributed by atoms with E-state index in [1.807, 2.05) is 32.7 Å². The molecule has 3 heterocycles. The number of aromatic nitrogens is 4. The number of hydrogen-bond acceptors (Lipinski definition) is 8. The summed E-state index contributed by atoms with van der Waals surface area (Å²) in [6.07, 6.45) is 4.77. The molecule has 1 saturated carbocycles. The molecule has 0 atom stereocenters. The summed E-state index contributed by atoms with van der Waals surface area (Å²) >= 11 is 0. The Balaban J connectivity index is 1.59. The predicted octanol–water partition coefficient (Wildman–Crippen LogP) is 3.95. The van der Waals surface area contributed by atoms with E-state index >= 15 is 0 Å². The number of anilines is 1. The van der Waals surface area contributed by atoms with E-state index in [0.717, 1.165) is 37.0 Å². The average Bonchev–Trinajstić information content (AvgIpc) is 2.86. The van der Waals surface area contributed by atoms with E-state index in [9.17, 15) is 14.4 Å². The molecule has 3 aromatic rings. The van der Waals surface area contributed by atoms with Gasteiger partial charge in [0.2, 0.25) is 5.95 Å². The fraction of sp³-hybridized carbons (Fsp3) is 0.462. The number of oxime groups is 1. The van der Waals surface area contributed by atoms with Crippen LogP contribution in [0.4, 0.5) is 10.2 Å². The van der Waals surface area contributed by atoms with Gasteiger partial charge in [-0.1, -0.05) is 5.16 Å². The summed E-state index contributed by atoms with van der Waals surface area (Å²) in [5.41, 5.74) is 2.09. The summed E-state index contributed by atoms with van der Waals surface area (Å²) in [6.45, 7) is 5.78. The molecule has 10 heteroatoms. The molecule has 0 saturated heterocycles. The first-order valence-corrected chi connectivity index (χ1v) is 12.0. The van der Waals surface area contributed by atoms with Gasteiger partial charge in [0.1, 0.15) is 22.9 Å². The first-order valence-electron chi connectivity index (χ1n) is 12.0. The quantitative estimate of drug-likeness (QED) is 0.302. The summed E-state index contributed by atoms with van der Waals surface area (Å²) in [6, 6.07) is 8.52. The monoisotopic (exact) mass is 491 g/mol. The van der Waals surface area contributed by atoms with E-state index in [2.05, 4.69) is 26.2 Å². The van der Waals surface area contributed by atoms with Crippen molar-refractivity contribution in [2.45, 2.75) is 58.1 Å². The molecule has 0 spiro atoms. The SMILES string of the molecule is Cn1c(=O)nc(N(C)[C@H]2CC[C@@H](/C(=N/OC(C)(C)C)c3ccc(F)nc3)CC2)c2nc(C#N)ccc21. The topological polar surface area (TPSA) is 109 Å². The lowest BCUT2D eigenvalue weighted by molar-refractivity contribution is -0.0000356. The highest BCUT2D eigenvalue weighted by molar-refractivity contribution is 6.01. The van der Waals surface area contributed by atoms with E-state index in [-0.39, 0.29) is 23.3 Å². The van der Waals surface area contributed by atoms with E-state index in [1.165, 1.54) is 16.8 Å². The molecular weight excluding hydrogens is 461 g/mol. The van der Waals surface area contributed by atoms with Gasteiger partial charge in [-0.05, 0) is 70.7 Å². The molecule has 9 nitrogen and oxygen atoms in total. The lowest BCUT2D eigenvalue weighted by atomic mass is 9.81. The zero-order valence-electron chi connectivity index (χ0n) is 21.2. The molecule has 0 aromatic carbocycles. The van der Waals surface area contributed by atoms with Crippen molar-refractivity contribution >= 4 is 22.6 Å². The highest BCUT2D eigenvalue weighted by Crippen LogP contribution is 2.33. The van der Waals surface area contributed by atoms with Crippen molar-refractivity contribution in [1.29, 1.82) is 5.26 Å². The van der Waals surface area contributed by atoms with Crippen molar-refractivity contribution in [2.75, 3.05) is 11.9 Å². The second-order valence-electron chi connectivity index (χ2n) is 10.1. The van der Waals surface area contributed by atoms with Crippen molar-refractivity contribution < 1.29 is 9.23 Å². The molecule has 0 radical (unpaired) electrons. The second-order valence-corrected chi connectivity index (χ2v) is 10.1. The van der Waals surface area contributed by atoms with E-state index < -0.39 is 11.5 Å². The van der Waals surface area contributed by atoms with E-state index in [1.54, 1.807) is 25.2 Å². The maximum atomic E-state index is 13.4. The molecular formula is C26H30FN7O2. The van der Waals surface area contributed by atoms with Crippen LogP contribution in [0, 0.1) is 23.2 Å². The van der Waals surface area contributed by atoms with Crippen LogP contribution in [0.5, 0.6) is 0 Å². The van der Waals surface area contributed by atoms with Crippen LogP contribution in [0.15, 0.2) is 40.4 Å². The number of nitriles is 1. The standard InChI is InChI=1S/C26H30FN7O2/c1-26(2,3)36-32-22(17-8-13-21(27)29-15-17)16-6-10-19(11-7-16)33(4)24-23-20(34(5)25(35)31-24)12-9-18(14-28)30-23/h8-9,12-13,15-16,19H,6-7,10-11H2,1-5H3/b32-22-/t16-,19+. The van der Waals surface area contributed by atoms with Crippen molar-refractivity contribution in [3.05, 3.63) is 58.2 Å². The minimum Gasteiger partial charge on any atom is -0.390 e. The molecule has 1 aliphatic rings. The number of pyridine rings is 2. The van der Waals surface area contributed by atoms with Gasteiger partial charge in [-0.3, -0.25) is 4.57 Å². The zero-order valence-corrected chi connectivity index (χ0v) is 21.2. The summed E-state index contributed by atoms with van der Waals surface area (Å²) in [4.78, 5) is 32.8. The highest BCUT2D eigenvalue weighted by atomic mass is 19.1. The Morgan fingerprint density at radius 2 is 1.92 bits per heavy atom. The zero-order chi connectivity index (χ0) is 26.0. The van der Waals surface area contributed by atoms with Crippen molar-refractivity contribution in [2.24, 2.45) is 18.1 Å². The summed E-state index contributed by atoms with van der Waals surface area (Å²) in [5, 5.41) is 13.8. The van der Waals surface area contributed by atoms with Gasteiger partial charge < -0.3 is 9.74 Å². The van der Waals surface area contributed by atoms with Crippen LogP contribution in [0.1, 0.15) is 57.7 Å². The molecule has 1 fully saturated rings. The van der Waals surface area contributed by atoms with Gasteiger partial charge in [-0.2, -0.15) is 14.6 Å². The van der Waals surface area contributed by atoms with Gasteiger partial charge in [0.05, 0.1) is 11.2 Å². The van der Waals surface area contributed by atoms with Gasteiger partial charge in [0.25, 0.3) is 0 Å². The molecule has 0 aliphatic heterocycles. The molecule has 3 aromatic heterocycles. The Morgan fingerprint density at radius 1 is 1.19 bits per heavy atom. The molecule has 0 amide bonds. The number of rotatable bonds is 5. The normalized spacial score (nSPS) is 18.6.